The van der Waals surface area contributed by atoms with Gasteiger partial charge < -0.3 is 15.5 Å². The quantitative estimate of drug-likeness (QED) is 0.714. The molecule has 1 saturated heterocycles. The van der Waals surface area contributed by atoms with Crippen molar-refractivity contribution in [1.82, 2.24) is 4.90 Å². The SMILES string of the molecule is O=C1CCc2cc(C(O)CN3C[C@@H]4C[C@](O)(Cc5ccccc5)C[C@@H]4C3)ccc2N1. The summed E-state index contributed by atoms with van der Waals surface area (Å²) in [7, 11) is 0. The fourth-order valence-corrected chi connectivity index (χ4v) is 5.79. The molecule has 30 heavy (non-hydrogen) atoms. The first kappa shape index (κ1) is 19.7. The maximum atomic E-state index is 11.5. The van der Waals surface area contributed by atoms with Crippen LogP contribution in [0.5, 0.6) is 0 Å². The number of hydrogen-bond donors (Lipinski definition) is 3. The maximum absolute atomic E-state index is 11.5. The molecule has 0 bridgehead atoms. The Morgan fingerprint density at radius 1 is 1.07 bits per heavy atom. The van der Waals surface area contributed by atoms with E-state index in [0.29, 0.717) is 24.8 Å². The Hall–Kier alpha value is -2.21. The number of aliphatic hydroxyl groups is 2. The van der Waals surface area contributed by atoms with E-state index in [0.717, 1.165) is 55.6 Å². The van der Waals surface area contributed by atoms with Crippen LogP contribution < -0.4 is 5.32 Å². The summed E-state index contributed by atoms with van der Waals surface area (Å²) in [5, 5.41) is 24.8. The van der Waals surface area contributed by atoms with E-state index in [-0.39, 0.29) is 5.91 Å². The molecule has 3 aliphatic rings. The summed E-state index contributed by atoms with van der Waals surface area (Å²) in [5.41, 5.74) is 3.51. The van der Waals surface area contributed by atoms with E-state index < -0.39 is 11.7 Å². The molecule has 3 N–H and O–H groups in total. The van der Waals surface area contributed by atoms with E-state index in [4.69, 9.17) is 0 Å². The maximum Gasteiger partial charge on any atom is 0.224 e. The highest BCUT2D eigenvalue weighted by atomic mass is 16.3. The van der Waals surface area contributed by atoms with Crippen LogP contribution in [0.4, 0.5) is 5.69 Å². The zero-order valence-corrected chi connectivity index (χ0v) is 17.3. The van der Waals surface area contributed by atoms with Crippen molar-refractivity contribution < 1.29 is 15.0 Å². The Morgan fingerprint density at radius 2 is 1.80 bits per heavy atom. The number of carbonyl (C=O) groups is 1. The van der Waals surface area contributed by atoms with Gasteiger partial charge in [0.15, 0.2) is 0 Å². The molecule has 1 unspecified atom stereocenters. The Bertz CT molecular complexity index is 915. The van der Waals surface area contributed by atoms with Crippen molar-refractivity contribution >= 4 is 11.6 Å². The van der Waals surface area contributed by atoms with Gasteiger partial charge in [0.2, 0.25) is 5.91 Å². The molecule has 2 aliphatic heterocycles. The smallest absolute Gasteiger partial charge is 0.224 e. The standard InChI is InChI=1S/C25H30N2O3/c28-23(19-6-8-22-18(10-19)7-9-24(29)26-22)16-27-14-20-12-25(30,13-21(20)15-27)11-17-4-2-1-3-5-17/h1-6,8,10,20-21,23,28,30H,7,9,11-16H2,(H,26,29)/t20-,21+,23?,25+. The highest BCUT2D eigenvalue weighted by Gasteiger charge is 2.48. The molecule has 158 valence electrons. The second-order valence-electron chi connectivity index (χ2n) is 9.51. The number of nitrogens with zero attached hydrogens (tertiary/aromatic N) is 1. The number of carbonyl (C=O) groups excluding carboxylic acids is 1. The first-order chi connectivity index (χ1) is 14.5. The van der Waals surface area contributed by atoms with Crippen LogP contribution in [0.3, 0.4) is 0 Å². The average molecular weight is 407 g/mol. The number of anilines is 1. The lowest BCUT2D eigenvalue weighted by atomic mass is 9.91. The highest BCUT2D eigenvalue weighted by molar-refractivity contribution is 5.93. The van der Waals surface area contributed by atoms with Gasteiger partial charge in [-0.05, 0) is 53.9 Å². The van der Waals surface area contributed by atoms with Gasteiger partial charge in [-0.2, -0.15) is 0 Å². The van der Waals surface area contributed by atoms with Gasteiger partial charge in [0.05, 0.1) is 11.7 Å². The third kappa shape index (κ3) is 4.02. The minimum Gasteiger partial charge on any atom is -0.390 e. The number of hydrogen-bond acceptors (Lipinski definition) is 4. The van der Waals surface area contributed by atoms with Crippen molar-refractivity contribution in [3.05, 3.63) is 65.2 Å². The van der Waals surface area contributed by atoms with Gasteiger partial charge in [0, 0.05) is 38.2 Å². The predicted octanol–water partition coefficient (Wildman–Crippen LogP) is 2.92. The molecular weight excluding hydrogens is 376 g/mol. The molecule has 2 aromatic rings. The summed E-state index contributed by atoms with van der Waals surface area (Å²) in [6.07, 6.45) is 3.13. The first-order valence-electron chi connectivity index (χ1n) is 11.1. The number of aryl methyl sites for hydroxylation is 1. The first-order valence-corrected chi connectivity index (χ1v) is 11.1. The van der Waals surface area contributed by atoms with E-state index in [1.54, 1.807) is 0 Å². The van der Waals surface area contributed by atoms with Crippen LogP contribution in [0.2, 0.25) is 0 Å². The summed E-state index contributed by atoms with van der Waals surface area (Å²) < 4.78 is 0. The second kappa shape index (κ2) is 7.80. The molecule has 0 aromatic heterocycles. The zero-order valence-electron chi connectivity index (χ0n) is 17.3. The van der Waals surface area contributed by atoms with E-state index in [1.165, 1.54) is 5.56 Å². The Morgan fingerprint density at radius 3 is 2.53 bits per heavy atom. The van der Waals surface area contributed by atoms with E-state index in [2.05, 4.69) is 22.3 Å². The molecule has 2 fully saturated rings. The molecule has 5 rings (SSSR count). The normalized spacial score (nSPS) is 29.3. The van der Waals surface area contributed by atoms with Crippen LogP contribution in [0.15, 0.2) is 48.5 Å². The van der Waals surface area contributed by atoms with Crippen LogP contribution in [0, 0.1) is 11.8 Å². The van der Waals surface area contributed by atoms with E-state index in [9.17, 15) is 15.0 Å². The number of rotatable bonds is 5. The molecular formula is C25H30N2O3. The van der Waals surface area contributed by atoms with E-state index >= 15 is 0 Å². The van der Waals surface area contributed by atoms with Crippen LogP contribution in [0.1, 0.15) is 42.1 Å². The van der Waals surface area contributed by atoms with Crippen molar-refractivity contribution in [2.24, 2.45) is 11.8 Å². The number of nitrogens with one attached hydrogen (secondary N) is 1. The largest absolute Gasteiger partial charge is 0.390 e. The lowest BCUT2D eigenvalue weighted by Gasteiger charge is -2.27. The molecule has 5 nitrogen and oxygen atoms in total. The monoisotopic (exact) mass is 406 g/mol. The topological polar surface area (TPSA) is 72.8 Å². The predicted molar refractivity (Wildman–Crippen MR) is 116 cm³/mol. The molecule has 4 atom stereocenters. The summed E-state index contributed by atoms with van der Waals surface area (Å²) in [5.74, 6) is 1.07. The van der Waals surface area contributed by atoms with Crippen molar-refractivity contribution in [2.45, 2.75) is 43.8 Å². The van der Waals surface area contributed by atoms with Gasteiger partial charge in [-0.15, -0.1) is 0 Å². The second-order valence-corrected chi connectivity index (χ2v) is 9.51. The minimum atomic E-state index is -0.593. The summed E-state index contributed by atoms with van der Waals surface area (Å²) in [6.45, 7) is 2.51. The molecule has 5 heteroatoms. The summed E-state index contributed by atoms with van der Waals surface area (Å²) in [6, 6.07) is 16.1. The summed E-state index contributed by atoms with van der Waals surface area (Å²) in [4.78, 5) is 13.9. The van der Waals surface area contributed by atoms with Crippen molar-refractivity contribution in [3.8, 4) is 0 Å². The molecule has 0 radical (unpaired) electrons. The molecule has 2 heterocycles. The lowest BCUT2D eigenvalue weighted by molar-refractivity contribution is -0.116. The third-order valence-electron chi connectivity index (χ3n) is 7.15. The van der Waals surface area contributed by atoms with Crippen LogP contribution in [-0.4, -0.2) is 46.3 Å². The van der Waals surface area contributed by atoms with Crippen LogP contribution in [-0.2, 0) is 17.6 Å². The number of amides is 1. The molecule has 1 aliphatic carbocycles. The van der Waals surface area contributed by atoms with Gasteiger partial charge in [0.25, 0.3) is 0 Å². The lowest BCUT2D eigenvalue weighted by Crippen LogP contribution is -2.33. The number of β-amino-alcohol motifs (C(OH)–C–C–N with tert-alkyl or cyclic N) is 1. The Labute approximate surface area is 177 Å². The van der Waals surface area contributed by atoms with Gasteiger partial charge >= 0.3 is 0 Å². The average Bonchev–Trinajstić information content (AvgIpc) is 3.21. The van der Waals surface area contributed by atoms with Crippen molar-refractivity contribution in [3.63, 3.8) is 0 Å². The highest BCUT2D eigenvalue weighted by Crippen LogP contribution is 2.45. The zero-order chi connectivity index (χ0) is 20.7. The fourth-order valence-electron chi connectivity index (χ4n) is 5.79. The summed E-state index contributed by atoms with van der Waals surface area (Å²) >= 11 is 0. The fraction of sp³-hybridized carbons (Fsp3) is 0.480. The van der Waals surface area contributed by atoms with Crippen molar-refractivity contribution in [2.75, 3.05) is 25.0 Å². The third-order valence-corrected chi connectivity index (χ3v) is 7.15. The number of fused-ring (bicyclic) bond motifs is 2. The van der Waals surface area contributed by atoms with Crippen molar-refractivity contribution in [1.29, 1.82) is 0 Å². The molecule has 2 aromatic carbocycles. The van der Waals surface area contributed by atoms with Crippen LogP contribution in [0.25, 0.3) is 0 Å². The van der Waals surface area contributed by atoms with Gasteiger partial charge in [-0.3, -0.25) is 9.69 Å². The number of benzene rings is 2. The Kier molecular flexibility index (Phi) is 5.13. The number of aliphatic hydroxyl groups excluding tert-OH is 1. The Balaban J connectivity index is 1.18. The van der Waals surface area contributed by atoms with E-state index in [1.807, 2.05) is 36.4 Å². The van der Waals surface area contributed by atoms with Crippen LogP contribution >= 0.6 is 0 Å². The number of likely N-dealkylation sites (tertiary alicyclic amines) is 1. The molecule has 1 amide bonds. The molecule has 0 spiro atoms. The van der Waals surface area contributed by atoms with Gasteiger partial charge in [-0.1, -0.05) is 42.5 Å². The minimum absolute atomic E-state index is 0.0617. The van der Waals surface area contributed by atoms with Gasteiger partial charge in [-0.25, -0.2) is 0 Å². The van der Waals surface area contributed by atoms with Gasteiger partial charge in [0.1, 0.15) is 0 Å². The molecule has 1 saturated carbocycles.